The van der Waals surface area contributed by atoms with Gasteiger partial charge in [-0.1, -0.05) is 199 Å². The molecule has 10 rings (SSSR count). The van der Waals surface area contributed by atoms with Gasteiger partial charge >= 0.3 is 0 Å². The van der Waals surface area contributed by atoms with Crippen molar-refractivity contribution in [3.05, 3.63) is 166 Å². The molecule has 0 bridgehead atoms. The van der Waals surface area contributed by atoms with Crippen molar-refractivity contribution < 1.29 is 0 Å². The third-order valence-corrected chi connectivity index (χ3v) is 14.5. The van der Waals surface area contributed by atoms with Crippen LogP contribution in [0.15, 0.2) is 127 Å². The molecule has 0 saturated carbocycles. The summed E-state index contributed by atoms with van der Waals surface area (Å²) in [7, 11) is 0. The highest BCUT2D eigenvalue weighted by Gasteiger charge is 2.40. The van der Waals surface area contributed by atoms with E-state index in [1.54, 1.807) is 0 Å². The van der Waals surface area contributed by atoms with E-state index in [0.717, 1.165) is 0 Å². The first kappa shape index (κ1) is 38.7. The van der Waals surface area contributed by atoms with E-state index in [1.165, 1.54) is 116 Å². The second-order valence-corrected chi connectivity index (χ2v) is 22.3. The summed E-state index contributed by atoms with van der Waals surface area (Å²) in [6, 6.07) is 50.1. The Balaban J connectivity index is 1.18. The average Bonchev–Trinajstić information content (AvgIpc) is 3.58. The van der Waals surface area contributed by atoms with E-state index in [4.69, 9.17) is 0 Å². The minimum Gasteiger partial charge on any atom is -0.0616 e. The molecule has 8 aromatic carbocycles. The Kier molecular flexibility index (Phi) is 8.10. The van der Waals surface area contributed by atoms with Crippen LogP contribution < -0.4 is 0 Å². The number of hydrogen-bond acceptors (Lipinski definition) is 0. The van der Waals surface area contributed by atoms with Crippen molar-refractivity contribution in [3.8, 4) is 44.5 Å². The van der Waals surface area contributed by atoms with Crippen LogP contribution in [0.25, 0.3) is 76.8 Å². The van der Waals surface area contributed by atoms with Gasteiger partial charge in [-0.25, -0.2) is 0 Å². The summed E-state index contributed by atoms with van der Waals surface area (Å²) < 4.78 is 0. The van der Waals surface area contributed by atoms with Crippen LogP contribution in [0.1, 0.15) is 129 Å². The summed E-state index contributed by atoms with van der Waals surface area (Å²) in [5.74, 6) is 0. The zero-order valence-electron chi connectivity index (χ0n) is 38.1. The smallest absolute Gasteiger partial charge is 0.0159 e. The highest BCUT2D eigenvalue weighted by molar-refractivity contribution is 6.26. The van der Waals surface area contributed by atoms with Gasteiger partial charge in [0.1, 0.15) is 0 Å². The molecule has 0 spiro atoms. The van der Waals surface area contributed by atoms with Crippen molar-refractivity contribution in [2.75, 3.05) is 0 Å². The van der Waals surface area contributed by atoms with Gasteiger partial charge in [-0.2, -0.15) is 0 Å². The van der Waals surface area contributed by atoms with Gasteiger partial charge in [0.05, 0.1) is 0 Å². The molecule has 0 aromatic heterocycles. The molecule has 0 aliphatic heterocycles. The maximum absolute atomic E-state index is 2.52. The van der Waals surface area contributed by atoms with Crippen molar-refractivity contribution in [2.24, 2.45) is 0 Å². The zero-order valence-corrected chi connectivity index (χ0v) is 38.1. The lowest BCUT2D eigenvalue weighted by Crippen LogP contribution is -2.19. The van der Waals surface area contributed by atoms with Crippen LogP contribution in [0.2, 0.25) is 0 Å². The van der Waals surface area contributed by atoms with E-state index >= 15 is 0 Å². The molecular formula is C60H60. The van der Waals surface area contributed by atoms with Crippen LogP contribution in [0, 0.1) is 0 Å². The lowest BCUT2D eigenvalue weighted by Gasteiger charge is -2.27. The van der Waals surface area contributed by atoms with E-state index in [2.05, 4.69) is 217 Å². The third kappa shape index (κ3) is 5.62. The Morgan fingerprint density at radius 2 is 0.733 bits per heavy atom. The molecule has 0 heteroatoms. The van der Waals surface area contributed by atoms with Gasteiger partial charge in [0.2, 0.25) is 0 Å². The van der Waals surface area contributed by atoms with Crippen LogP contribution in [0.4, 0.5) is 0 Å². The maximum Gasteiger partial charge on any atom is 0.0159 e. The molecule has 0 atom stereocenters. The van der Waals surface area contributed by atoms with Crippen molar-refractivity contribution in [1.82, 2.24) is 0 Å². The monoisotopic (exact) mass is 780 g/mol. The number of fused-ring (bicyclic) bond motifs is 12. The Labute approximate surface area is 358 Å². The molecule has 2 aliphatic rings. The van der Waals surface area contributed by atoms with E-state index in [9.17, 15) is 0 Å². The summed E-state index contributed by atoms with van der Waals surface area (Å²) in [4.78, 5) is 0. The van der Waals surface area contributed by atoms with E-state index in [1.807, 2.05) is 0 Å². The molecule has 0 fully saturated rings. The summed E-state index contributed by atoms with van der Waals surface area (Å²) in [5.41, 5.74) is 20.7. The SMILES string of the molecule is CC(C)(C)c1ccc2c(c1)C(C)(C)c1cccc(-c3ccc4c5ccc(-c6cc(C(C)(C)C)cc7c6-c6ccc(C(C)(C)C)cc6C7(C)C)cc5c5ccccc5c4c3)c1-2. The molecule has 0 N–H and O–H groups in total. The van der Waals surface area contributed by atoms with Gasteiger partial charge in [0, 0.05) is 10.8 Å². The quantitative estimate of drug-likeness (QED) is 0.153. The van der Waals surface area contributed by atoms with E-state index in [-0.39, 0.29) is 27.1 Å². The normalized spacial score (nSPS) is 15.3. The van der Waals surface area contributed by atoms with Gasteiger partial charge in [0.15, 0.2) is 0 Å². The average molecular weight is 781 g/mol. The fraction of sp³-hybridized carbons (Fsp3) is 0.300. The number of rotatable bonds is 2. The Morgan fingerprint density at radius 1 is 0.300 bits per heavy atom. The molecule has 2 aliphatic carbocycles. The molecular weight excluding hydrogens is 721 g/mol. The first-order valence-electron chi connectivity index (χ1n) is 22.2. The molecule has 0 nitrogen and oxygen atoms in total. The molecule has 60 heavy (non-hydrogen) atoms. The van der Waals surface area contributed by atoms with Gasteiger partial charge in [0.25, 0.3) is 0 Å². The topological polar surface area (TPSA) is 0 Å². The molecule has 300 valence electrons. The van der Waals surface area contributed by atoms with Crippen LogP contribution in [-0.4, -0.2) is 0 Å². The molecule has 0 radical (unpaired) electrons. The highest BCUT2D eigenvalue weighted by Crippen LogP contribution is 2.56. The summed E-state index contributed by atoms with van der Waals surface area (Å²) in [6.07, 6.45) is 0. The van der Waals surface area contributed by atoms with Crippen LogP contribution in [0.3, 0.4) is 0 Å². The Morgan fingerprint density at radius 3 is 1.23 bits per heavy atom. The first-order chi connectivity index (χ1) is 28.2. The first-order valence-corrected chi connectivity index (χ1v) is 22.2. The lowest BCUT2D eigenvalue weighted by molar-refractivity contribution is 0.580. The van der Waals surface area contributed by atoms with E-state index in [0.29, 0.717) is 0 Å². The summed E-state index contributed by atoms with van der Waals surface area (Å²) in [5, 5.41) is 7.83. The maximum atomic E-state index is 2.52. The zero-order chi connectivity index (χ0) is 42.5. The second kappa shape index (κ2) is 12.5. The largest absolute Gasteiger partial charge is 0.0616 e. The van der Waals surface area contributed by atoms with Gasteiger partial charge in [-0.15, -0.1) is 0 Å². The standard InChI is InChI=1S/C60H60/c1-56(2,3)37-23-27-45-51(32-37)59(10,11)50-20-16-19-40(54(45)50)35-21-25-43-44-26-22-36(30-49(44)42-18-15-14-17-41(42)48(43)29-35)47-31-39(58(7,8)9)34-53-55(47)46-28-24-38(57(4,5)6)33-52(46)60(53,12)13/h14-34H,1-13H3. The lowest BCUT2D eigenvalue weighted by atomic mass is 9.76. The van der Waals surface area contributed by atoms with Crippen LogP contribution >= 0.6 is 0 Å². The van der Waals surface area contributed by atoms with E-state index < -0.39 is 0 Å². The predicted molar refractivity (Wildman–Crippen MR) is 261 cm³/mol. The predicted octanol–water partition coefficient (Wildman–Crippen LogP) is 17.0. The fourth-order valence-corrected chi connectivity index (χ4v) is 10.8. The van der Waals surface area contributed by atoms with Crippen molar-refractivity contribution in [1.29, 1.82) is 0 Å². The minimum absolute atomic E-state index is 0.00866. The summed E-state index contributed by atoms with van der Waals surface area (Å²) in [6.45, 7) is 30.7. The number of hydrogen-bond donors (Lipinski definition) is 0. The van der Waals surface area contributed by atoms with Crippen LogP contribution in [0.5, 0.6) is 0 Å². The number of benzene rings is 8. The van der Waals surface area contributed by atoms with Gasteiger partial charge in [-0.3, -0.25) is 0 Å². The van der Waals surface area contributed by atoms with Gasteiger partial charge in [-0.05, 0) is 150 Å². The molecule has 0 unspecified atom stereocenters. The molecule has 0 amide bonds. The summed E-state index contributed by atoms with van der Waals surface area (Å²) >= 11 is 0. The highest BCUT2D eigenvalue weighted by atomic mass is 14.4. The fourth-order valence-electron chi connectivity index (χ4n) is 10.8. The Hall–Kier alpha value is -5.46. The Bertz CT molecular complexity index is 3100. The van der Waals surface area contributed by atoms with Crippen molar-refractivity contribution in [3.63, 3.8) is 0 Å². The minimum atomic E-state index is -0.106. The van der Waals surface area contributed by atoms with Crippen molar-refractivity contribution >= 4 is 32.3 Å². The van der Waals surface area contributed by atoms with Crippen LogP contribution in [-0.2, 0) is 27.1 Å². The van der Waals surface area contributed by atoms with Gasteiger partial charge < -0.3 is 0 Å². The second-order valence-electron chi connectivity index (χ2n) is 22.3. The third-order valence-electron chi connectivity index (χ3n) is 14.5. The molecule has 8 aromatic rings. The molecule has 0 heterocycles. The van der Waals surface area contributed by atoms with Crippen molar-refractivity contribution in [2.45, 2.75) is 117 Å². The molecule has 0 saturated heterocycles.